The Morgan fingerprint density at radius 3 is 3.09 bits per heavy atom. The van der Waals surface area contributed by atoms with E-state index in [1.165, 1.54) is 11.3 Å². The molecule has 4 heteroatoms. The molecule has 0 aliphatic carbocycles. The van der Waals surface area contributed by atoms with Crippen molar-refractivity contribution in [2.75, 3.05) is 6.61 Å². The molecule has 62 valence electrons. The van der Waals surface area contributed by atoms with Gasteiger partial charge >= 0.3 is 0 Å². The zero-order chi connectivity index (χ0) is 8.10. The molecule has 0 N–H and O–H groups in total. The van der Waals surface area contributed by atoms with Crippen LogP contribution in [0.15, 0.2) is 5.38 Å². The molecule has 1 aromatic rings. The number of aromatic nitrogens is 1. The molecule has 11 heavy (non-hydrogen) atoms. The third-order valence-electron chi connectivity index (χ3n) is 1.18. The Morgan fingerprint density at radius 2 is 2.55 bits per heavy atom. The molecule has 0 unspecified atom stereocenters. The highest BCUT2D eigenvalue weighted by Gasteiger charge is 1.98. The van der Waals surface area contributed by atoms with Crippen LogP contribution in [0.1, 0.15) is 19.8 Å². The number of hydrogen-bond acceptors (Lipinski definition) is 3. The molecule has 0 aliphatic heterocycles. The molecule has 1 heterocycles. The summed E-state index contributed by atoms with van der Waals surface area (Å²) in [6.07, 6.45) is 2.20. The van der Waals surface area contributed by atoms with E-state index in [2.05, 4.69) is 11.9 Å². The Hall–Kier alpha value is -0.280. The number of ether oxygens (including phenoxy) is 1. The summed E-state index contributed by atoms with van der Waals surface area (Å²) in [4.78, 5) is 3.94. The molecule has 0 saturated carbocycles. The molecule has 0 saturated heterocycles. The van der Waals surface area contributed by atoms with Crippen LogP contribution in [0.4, 0.5) is 0 Å². The van der Waals surface area contributed by atoms with Crippen LogP contribution in [-0.2, 0) is 0 Å². The van der Waals surface area contributed by atoms with Crippen molar-refractivity contribution in [2.45, 2.75) is 19.8 Å². The van der Waals surface area contributed by atoms with Gasteiger partial charge in [0.05, 0.1) is 6.61 Å². The van der Waals surface area contributed by atoms with Gasteiger partial charge in [0.1, 0.15) is 5.15 Å². The predicted octanol–water partition coefficient (Wildman–Crippen LogP) is 2.98. The number of hydrogen-bond donors (Lipinski definition) is 0. The SMILES string of the molecule is CCCCOc1nc(Cl)cs1. The van der Waals surface area contributed by atoms with Gasteiger partial charge in [0.25, 0.3) is 5.19 Å². The first-order chi connectivity index (χ1) is 5.33. The lowest BCUT2D eigenvalue weighted by molar-refractivity contribution is 0.308. The van der Waals surface area contributed by atoms with Gasteiger partial charge in [-0.3, -0.25) is 0 Å². The standard InChI is InChI=1S/C7H10ClNOS/c1-2-3-4-10-7-9-6(8)5-11-7/h5H,2-4H2,1H3. The van der Waals surface area contributed by atoms with E-state index in [9.17, 15) is 0 Å². The van der Waals surface area contributed by atoms with Crippen molar-refractivity contribution in [2.24, 2.45) is 0 Å². The van der Waals surface area contributed by atoms with Crippen molar-refractivity contribution in [1.29, 1.82) is 0 Å². The fourth-order valence-corrected chi connectivity index (χ4v) is 1.42. The Kier molecular flexibility index (Phi) is 3.66. The number of nitrogens with zero attached hydrogens (tertiary/aromatic N) is 1. The zero-order valence-electron chi connectivity index (χ0n) is 6.34. The van der Waals surface area contributed by atoms with Gasteiger partial charge in [0.2, 0.25) is 0 Å². The molecule has 0 atom stereocenters. The van der Waals surface area contributed by atoms with Crippen molar-refractivity contribution in [1.82, 2.24) is 4.98 Å². The second-order valence-corrected chi connectivity index (χ2v) is 3.35. The van der Waals surface area contributed by atoms with Crippen molar-refractivity contribution in [3.8, 4) is 5.19 Å². The highest BCUT2D eigenvalue weighted by atomic mass is 35.5. The van der Waals surface area contributed by atoms with Crippen LogP contribution in [0.3, 0.4) is 0 Å². The zero-order valence-corrected chi connectivity index (χ0v) is 7.91. The average molecular weight is 192 g/mol. The fourth-order valence-electron chi connectivity index (χ4n) is 0.609. The van der Waals surface area contributed by atoms with Crippen molar-refractivity contribution in [3.05, 3.63) is 10.5 Å². The normalized spacial score (nSPS) is 10.0. The Labute approximate surface area is 75.2 Å². The molecule has 1 aromatic heterocycles. The summed E-state index contributed by atoms with van der Waals surface area (Å²) in [7, 11) is 0. The van der Waals surface area contributed by atoms with E-state index in [-0.39, 0.29) is 0 Å². The average Bonchev–Trinajstić information content (AvgIpc) is 2.37. The van der Waals surface area contributed by atoms with E-state index in [4.69, 9.17) is 16.3 Å². The van der Waals surface area contributed by atoms with Gasteiger partial charge in [-0.25, -0.2) is 0 Å². The van der Waals surface area contributed by atoms with Gasteiger partial charge in [0.15, 0.2) is 0 Å². The number of halogens is 1. The lowest BCUT2D eigenvalue weighted by Crippen LogP contribution is -1.95. The first kappa shape index (κ1) is 8.81. The van der Waals surface area contributed by atoms with Crippen molar-refractivity contribution in [3.63, 3.8) is 0 Å². The van der Waals surface area contributed by atoms with Gasteiger partial charge in [-0.1, -0.05) is 36.3 Å². The van der Waals surface area contributed by atoms with E-state index >= 15 is 0 Å². The highest BCUT2D eigenvalue weighted by molar-refractivity contribution is 7.11. The van der Waals surface area contributed by atoms with Crippen molar-refractivity contribution < 1.29 is 4.74 Å². The Balaban J connectivity index is 2.27. The van der Waals surface area contributed by atoms with E-state index in [1.807, 2.05) is 0 Å². The fraction of sp³-hybridized carbons (Fsp3) is 0.571. The molecular weight excluding hydrogens is 182 g/mol. The van der Waals surface area contributed by atoms with Gasteiger partial charge in [-0.05, 0) is 6.42 Å². The van der Waals surface area contributed by atoms with Crippen molar-refractivity contribution >= 4 is 22.9 Å². The van der Waals surface area contributed by atoms with Crippen LogP contribution in [0.25, 0.3) is 0 Å². The molecule has 0 amide bonds. The maximum Gasteiger partial charge on any atom is 0.274 e. The molecular formula is C7H10ClNOS. The number of rotatable bonds is 4. The second kappa shape index (κ2) is 4.57. The van der Waals surface area contributed by atoms with Crippen LogP contribution in [0, 0.1) is 0 Å². The van der Waals surface area contributed by atoms with Crippen LogP contribution in [0.2, 0.25) is 5.15 Å². The molecule has 0 fully saturated rings. The third-order valence-corrected chi connectivity index (χ3v) is 2.25. The van der Waals surface area contributed by atoms with Crippen LogP contribution in [0.5, 0.6) is 5.19 Å². The minimum Gasteiger partial charge on any atom is -0.470 e. The molecule has 2 nitrogen and oxygen atoms in total. The number of thiazole rings is 1. The summed E-state index contributed by atoms with van der Waals surface area (Å²) in [5, 5.41) is 2.95. The molecule has 0 spiro atoms. The molecule has 0 aliphatic rings. The lowest BCUT2D eigenvalue weighted by Gasteiger charge is -1.98. The summed E-state index contributed by atoms with van der Waals surface area (Å²) in [5.41, 5.74) is 0. The van der Waals surface area contributed by atoms with Gasteiger partial charge in [-0.15, -0.1) is 0 Å². The van der Waals surface area contributed by atoms with Gasteiger partial charge < -0.3 is 4.74 Å². The minimum absolute atomic E-state index is 0.515. The second-order valence-electron chi connectivity index (χ2n) is 2.14. The quantitative estimate of drug-likeness (QED) is 0.683. The Bertz CT molecular complexity index is 214. The van der Waals surface area contributed by atoms with E-state index in [1.54, 1.807) is 5.38 Å². The first-order valence-electron chi connectivity index (χ1n) is 3.56. The molecule has 0 bridgehead atoms. The molecule has 0 radical (unpaired) electrons. The maximum absolute atomic E-state index is 5.59. The van der Waals surface area contributed by atoms with Crippen LogP contribution >= 0.6 is 22.9 Å². The lowest BCUT2D eigenvalue weighted by atomic mass is 10.4. The van der Waals surface area contributed by atoms with E-state index < -0.39 is 0 Å². The summed E-state index contributed by atoms with van der Waals surface area (Å²) in [6, 6.07) is 0. The Morgan fingerprint density at radius 1 is 1.73 bits per heavy atom. The van der Waals surface area contributed by atoms with E-state index in [0.717, 1.165) is 19.4 Å². The molecule has 0 aromatic carbocycles. The summed E-state index contributed by atoms with van der Waals surface area (Å²) < 4.78 is 5.29. The minimum atomic E-state index is 0.515. The topological polar surface area (TPSA) is 22.1 Å². The summed E-state index contributed by atoms with van der Waals surface area (Å²) in [6.45, 7) is 2.86. The smallest absolute Gasteiger partial charge is 0.274 e. The number of unbranched alkanes of at least 4 members (excludes halogenated alkanes) is 1. The van der Waals surface area contributed by atoms with Gasteiger partial charge in [0, 0.05) is 5.38 Å². The summed E-state index contributed by atoms with van der Waals surface area (Å²) >= 11 is 7.03. The first-order valence-corrected chi connectivity index (χ1v) is 4.82. The largest absolute Gasteiger partial charge is 0.470 e. The van der Waals surface area contributed by atoms with E-state index in [0.29, 0.717) is 10.3 Å². The van der Waals surface area contributed by atoms with Crippen LogP contribution in [-0.4, -0.2) is 11.6 Å². The predicted molar refractivity (Wildman–Crippen MR) is 47.5 cm³/mol. The van der Waals surface area contributed by atoms with Gasteiger partial charge in [-0.2, -0.15) is 4.98 Å². The molecule has 1 rings (SSSR count). The van der Waals surface area contributed by atoms with Crippen LogP contribution < -0.4 is 4.74 Å². The highest BCUT2D eigenvalue weighted by Crippen LogP contribution is 2.21. The third kappa shape index (κ3) is 3.08. The monoisotopic (exact) mass is 191 g/mol. The maximum atomic E-state index is 5.59. The summed E-state index contributed by atoms with van der Waals surface area (Å²) in [5.74, 6) is 0.